The van der Waals surface area contributed by atoms with Crippen molar-refractivity contribution < 1.29 is 19.0 Å². The van der Waals surface area contributed by atoms with Crippen LogP contribution in [0, 0.1) is 11.7 Å². The van der Waals surface area contributed by atoms with Crippen molar-refractivity contribution in [2.75, 3.05) is 56.5 Å². The number of benzene rings is 2. The van der Waals surface area contributed by atoms with Gasteiger partial charge >= 0.3 is 6.03 Å². The summed E-state index contributed by atoms with van der Waals surface area (Å²) in [5, 5.41) is 14.1. The van der Waals surface area contributed by atoms with Gasteiger partial charge in [-0.3, -0.25) is 0 Å². The van der Waals surface area contributed by atoms with Crippen LogP contribution in [0.3, 0.4) is 0 Å². The molecule has 2 fully saturated rings. The lowest BCUT2D eigenvalue weighted by molar-refractivity contribution is -0.0309. The van der Waals surface area contributed by atoms with Gasteiger partial charge < -0.3 is 29.9 Å². The number of anilines is 2. The molecule has 2 aromatic rings. The predicted molar refractivity (Wildman–Crippen MR) is 146 cm³/mol. The molecule has 202 valence electrons. The number of hydrogen-bond donors (Lipinski definition) is 2. The largest absolute Gasteiger partial charge is 0.457 e. The third-order valence-corrected chi connectivity index (χ3v) is 7.87. The van der Waals surface area contributed by atoms with E-state index in [0.29, 0.717) is 49.0 Å². The fourth-order valence-corrected chi connectivity index (χ4v) is 5.25. The number of carbonyl (C=O) groups excluding carboxylic acids is 1. The molecule has 0 spiro atoms. The summed E-state index contributed by atoms with van der Waals surface area (Å²) in [4.78, 5) is 19.5. The summed E-state index contributed by atoms with van der Waals surface area (Å²) < 4.78 is 19.4. The van der Waals surface area contributed by atoms with Crippen LogP contribution >= 0.6 is 0 Å². The summed E-state index contributed by atoms with van der Waals surface area (Å²) in [5.41, 5.74) is 0.933. The molecule has 0 bridgehead atoms. The van der Waals surface area contributed by atoms with Crippen molar-refractivity contribution in [1.29, 1.82) is 0 Å². The van der Waals surface area contributed by atoms with Crippen molar-refractivity contribution in [1.82, 2.24) is 9.80 Å². The highest BCUT2D eigenvalue weighted by Gasteiger charge is 2.35. The standard InChI is InChI=1S/C29H41FN4O3/c1-4-22(5-2)21-29(36)10-12-34(13-11-29)28(35)31-24-18-25(33-16-14-32(3)15-17-33)20-27(19-24)37-26-8-6-23(30)7-9-26/h6-9,18-20,22,36H,4-5,10-17,21H2,1-3H3,(H,31,35). The third-order valence-electron chi connectivity index (χ3n) is 7.87. The molecule has 0 atom stereocenters. The number of nitrogens with one attached hydrogen (secondary N) is 1. The molecule has 0 saturated carbocycles. The van der Waals surface area contributed by atoms with Gasteiger partial charge in [-0.25, -0.2) is 9.18 Å². The molecule has 37 heavy (non-hydrogen) atoms. The highest BCUT2D eigenvalue weighted by molar-refractivity contribution is 5.90. The van der Waals surface area contributed by atoms with Gasteiger partial charge in [0.1, 0.15) is 17.3 Å². The number of carbonyl (C=O) groups is 1. The van der Waals surface area contributed by atoms with Crippen LogP contribution < -0.4 is 15.0 Å². The quantitative estimate of drug-likeness (QED) is 0.485. The normalized spacial score (nSPS) is 18.2. The van der Waals surface area contributed by atoms with Gasteiger partial charge in [0.25, 0.3) is 0 Å². The van der Waals surface area contributed by atoms with Crippen LogP contribution in [-0.2, 0) is 0 Å². The van der Waals surface area contributed by atoms with Gasteiger partial charge in [0.15, 0.2) is 0 Å². The molecule has 4 rings (SSSR count). The minimum Gasteiger partial charge on any atom is -0.457 e. The van der Waals surface area contributed by atoms with E-state index >= 15 is 0 Å². The Balaban J connectivity index is 1.46. The zero-order valence-electron chi connectivity index (χ0n) is 22.4. The van der Waals surface area contributed by atoms with E-state index in [2.05, 4.69) is 36.0 Å². The van der Waals surface area contributed by atoms with Crippen molar-refractivity contribution in [3.8, 4) is 11.5 Å². The molecule has 7 nitrogen and oxygen atoms in total. The number of likely N-dealkylation sites (tertiary alicyclic amines) is 1. The number of ether oxygens (including phenoxy) is 1. The SMILES string of the molecule is CCC(CC)CC1(O)CCN(C(=O)Nc2cc(Oc3ccc(F)cc3)cc(N3CCN(C)CC3)c2)CC1. The Kier molecular flexibility index (Phi) is 8.92. The zero-order chi connectivity index (χ0) is 26.4. The second-order valence-electron chi connectivity index (χ2n) is 10.6. The number of piperazine rings is 1. The molecule has 2 saturated heterocycles. The molecular formula is C29H41FN4O3. The smallest absolute Gasteiger partial charge is 0.321 e. The summed E-state index contributed by atoms with van der Waals surface area (Å²) in [6.45, 7) is 9.07. The van der Waals surface area contributed by atoms with E-state index in [-0.39, 0.29) is 11.8 Å². The molecule has 2 heterocycles. The fourth-order valence-electron chi connectivity index (χ4n) is 5.25. The Bertz CT molecular complexity index is 1030. The van der Waals surface area contributed by atoms with Crippen molar-refractivity contribution in [3.63, 3.8) is 0 Å². The van der Waals surface area contributed by atoms with Crippen LogP contribution in [0.1, 0.15) is 46.0 Å². The second kappa shape index (κ2) is 12.1. The lowest BCUT2D eigenvalue weighted by Gasteiger charge is -2.40. The Hall–Kier alpha value is -2.84. The monoisotopic (exact) mass is 512 g/mol. The summed E-state index contributed by atoms with van der Waals surface area (Å²) in [6.07, 6.45) is 4.12. The minimum atomic E-state index is -0.690. The van der Waals surface area contributed by atoms with Gasteiger partial charge in [0, 0.05) is 62.8 Å². The lowest BCUT2D eigenvalue weighted by Crippen LogP contribution is -2.48. The predicted octanol–water partition coefficient (Wildman–Crippen LogP) is 5.55. The van der Waals surface area contributed by atoms with E-state index in [0.717, 1.165) is 51.1 Å². The third kappa shape index (κ3) is 7.36. The Morgan fingerprint density at radius 1 is 1.00 bits per heavy atom. The van der Waals surface area contributed by atoms with Crippen molar-refractivity contribution in [2.24, 2.45) is 5.92 Å². The van der Waals surface area contributed by atoms with Gasteiger partial charge in [-0.1, -0.05) is 26.7 Å². The first kappa shape index (κ1) is 27.2. The van der Waals surface area contributed by atoms with Gasteiger partial charge in [-0.15, -0.1) is 0 Å². The molecule has 2 aliphatic rings. The number of aliphatic hydroxyl groups is 1. The number of rotatable bonds is 8. The molecular weight excluding hydrogens is 471 g/mol. The van der Waals surface area contributed by atoms with Gasteiger partial charge in [-0.2, -0.15) is 0 Å². The summed E-state index contributed by atoms with van der Waals surface area (Å²) >= 11 is 0. The van der Waals surface area contributed by atoms with Crippen LogP contribution in [-0.4, -0.2) is 72.9 Å². The number of piperidine rings is 1. The summed E-state index contributed by atoms with van der Waals surface area (Å²) in [5.74, 6) is 1.31. The summed E-state index contributed by atoms with van der Waals surface area (Å²) in [7, 11) is 2.11. The van der Waals surface area contributed by atoms with E-state index in [1.165, 1.54) is 12.1 Å². The van der Waals surface area contributed by atoms with Crippen LogP contribution in [0.5, 0.6) is 11.5 Å². The molecule has 0 radical (unpaired) electrons. The highest BCUT2D eigenvalue weighted by Crippen LogP contribution is 2.33. The molecule has 8 heteroatoms. The average molecular weight is 513 g/mol. The maximum atomic E-state index is 13.4. The van der Waals surface area contributed by atoms with Gasteiger partial charge in [-0.05, 0) is 62.6 Å². The number of nitrogens with zero attached hydrogens (tertiary/aromatic N) is 3. The molecule has 2 aliphatic heterocycles. The molecule has 0 unspecified atom stereocenters. The Labute approximate surface area is 220 Å². The number of amides is 2. The van der Waals surface area contributed by atoms with E-state index in [4.69, 9.17) is 4.74 Å². The molecule has 2 amide bonds. The Morgan fingerprint density at radius 2 is 1.65 bits per heavy atom. The minimum absolute atomic E-state index is 0.173. The first-order valence-corrected chi connectivity index (χ1v) is 13.6. The van der Waals surface area contributed by atoms with Gasteiger partial charge in [0.2, 0.25) is 0 Å². The zero-order valence-corrected chi connectivity index (χ0v) is 22.4. The van der Waals surface area contributed by atoms with Crippen LogP contribution in [0.15, 0.2) is 42.5 Å². The number of urea groups is 1. The van der Waals surface area contributed by atoms with Gasteiger partial charge in [0.05, 0.1) is 5.60 Å². The number of halogens is 1. The van der Waals surface area contributed by atoms with Crippen molar-refractivity contribution in [3.05, 3.63) is 48.3 Å². The van der Waals surface area contributed by atoms with E-state index < -0.39 is 5.60 Å². The molecule has 0 aliphatic carbocycles. The number of likely N-dealkylation sites (N-methyl/N-ethyl adjacent to an activating group) is 1. The van der Waals surface area contributed by atoms with E-state index in [9.17, 15) is 14.3 Å². The van der Waals surface area contributed by atoms with Crippen LogP contribution in [0.25, 0.3) is 0 Å². The van der Waals surface area contributed by atoms with E-state index in [1.807, 2.05) is 12.1 Å². The maximum Gasteiger partial charge on any atom is 0.321 e. The first-order chi connectivity index (χ1) is 17.8. The molecule has 2 N–H and O–H groups in total. The highest BCUT2D eigenvalue weighted by atomic mass is 19.1. The number of hydrogen-bond acceptors (Lipinski definition) is 5. The van der Waals surface area contributed by atoms with Crippen molar-refractivity contribution >= 4 is 17.4 Å². The van der Waals surface area contributed by atoms with Crippen LogP contribution in [0.2, 0.25) is 0 Å². The van der Waals surface area contributed by atoms with Crippen molar-refractivity contribution in [2.45, 2.75) is 51.6 Å². The van der Waals surface area contributed by atoms with E-state index in [1.54, 1.807) is 23.1 Å². The molecule has 2 aromatic carbocycles. The molecule has 0 aromatic heterocycles. The fraction of sp³-hybridized carbons (Fsp3) is 0.552. The lowest BCUT2D eigenvalue weighted by atomic mass is 9.81. The van der Waals surface area contributed by atoms with Crippen LogP contribution in [0.4, 0.5) is 20.6 Å². The topological polar surface area (TPSA) is 68.3 Å². The Morgan fingerprint density at radius 3 is 2.27 bits per heavy atom. The maximum absolute atomic E-state index is 13.4. The second-order valence-corrected chi connectivity index (χ2v) is 10.6. The summed E-state index contributed by atoms with van der Waals surface area (Å²) in [6, 6.07) is 11.5. The first-order valence-electron chi connectivity index (χ1n) is 13.6. The average Bonchev–Trinajstić information content (AvgIpc) is 2.89.